The topological polar surface area (TPSA) is 23.6 Å². The van der Waals surface area contributed by atoms with Gasteiger partial charge in [0, 0.05) is 26.0 Å². The fourth-order valence-electron chi connectivity index (χ4n) is 1.10. The van der Waals surface area contributed by atoms with Gasteiger partial charge in [0.05, 0.1) is 6.67 Å². The van der Waals surface area contributed by atoms with Gasteiger partial charge in [-0.05, 0) is 6.42 Å². The predicted octanol–water partition coefficient (Wildman–Crippen LogP) is 3.47. The zero-order chi connectivity index (χ0) is 11.9. The Morgan fingerprint density at radius 1 is 1.33 bits per heavy atom. The van der Waals surface area contributed by atoms with Crippen LogP contribution in [0.2, 0.25) is 0 Å². The first-order valence-corrected chi connectivity index (χ1v) is 6.02. The van der Waals surface area contributed by atoms with E-state index in [0.29, 0.717) is 0 Å². The summed E-state index contributed by atoms with van der Waals surface area (Å²) in [6, 6.07) is 0. The molecule has 0 N–H and O–H groups in total. The van der Waals surface area contributed by atoms with Gasteiger partial charge < -0.3 is 9.80 Å². The molecule has 0 atom stereocenters. The molecule has 0 aromatic carbocycles. The van der Waals surface area contributed by atoms with Crippen LogP contribution in [-0.4, -0.2) is 30.1 Å². The Balaban J connectivity index is 0.000000336. The molecular formula is C8H16F3N2OP. The van der Waals surface area contributed by atoms with Gasteiger partial charge in [-0.3, -0.25) is 0 Å². The van der Waals surface area contributed by atoms with Crippen LogP contribution < -0.4 is 0 Å². The second kappa shape index (κ2) is 6.77. The van der Waals surface area contributed by atoms with E-state index in [0.717, 1.165) is 6.67 Å². The molecule has 1 rings (SSSR count). The van der Waals surface area contributed by atoms with Crippen LogP contribution in [-0.2, 0) is 4.57 Å². The van der Waals surface area contributed by atoms with Crippen LogP contribution >= 0.6 is 8.07 Å². The van der Waals surface area contributed by atoms with Gasteiger partial charge in [0.25, 0.3) is 0 Å². The van der Waals surface area contributed by atoms with Crippen molar-refractivity contribution >= 4 is 8.07 Å². The second-order valence-electron chi connectivity index (χ2n) is 3.26. The van der Waals surface area contributed by atoms with Crippen LogP contribution in [0.1, 0.15) is 19.8 Å². The summed E-state index contributed by atoms with van der Waals surface area (Å²) in [5.41, 5.74) is 0. The monoisotopic (exact) mass is 244 g/mol. The Bertz CT molecular complexity index is 236. The van der Waals surface area contributed by atoms with Crippen molar-refractivity contribution in [2.45, 2.75) is 19.8 Å². The van der Waals surface area contributed by atoms with Crippen molar-refractivity contribution in [1.82, 2.24) is 9.80 Å². The van der Waals surface area contributed by atoms with Crippen molar-refractivity contribution in [2.75, 3.05) is 20.3 Å². The first-order chi connectivity index (χ1) is 6.83. The molecule has 3 nitrogen and oxygen atoms in total. The molecule has 0 fully saturated rings. The molecule has 15 heavy (non-hydrogen) atoms. The highest BCUT2D eigenvalue weighted by molar-refractivity contribution is 7.47. The number of hydrogen-bond acceptors (Lipinski definition) is 3. The van der Waals surface area contributed by atoms with E-state index in [1.54, 1.807) is 0 Å². The predicted molar refractivity (Wildman–Crippen MR) is 54.3 cm³/mol. The Morgan fingerprint density at radius 3 is 2.20 bits per heavy atom. The third-order valence-electron chi connectivity index (χ3n) is 1.74. The van der Waals surface area contributed by atoms with Crippen molar-refractivity contribution in [3.8, 4) is 0 Å². The Hall–Kier alpha value is -0.640. The number of hydrogen-bond donors (Lipinski definition) is 0. The summed E-state index contributed by atoms with van der Waals surface area (Å²) in [7, 11) is -4.04. The summed E-state index contributed by atoms with van der Waals surface area (Å²) < 4.78 is 37.9. The molecule has 7 heteroatoms. The third-order valence-corrected chi connectivity index (χ3v) is 1.74. The minimum atomic E-state index is -6.14. The second-order valence-corrected chi connectivity index (χ2v) is 4.06. The Morgan fingerprint density at radius 2 is 1.87 bits per heavy atom. The summed E-state index contributed by atoms with van der Waals surface area (Å²) in [5, 5.41) is 0. The lowest BCUT2D eigenvalue weighted by Gasteiger charge is -2.17. The third kappa shape index (κ3) is 11.3. The number of nitrogens with zero attached hydrogens (tertiary/aromatic N) is 2. The summed E-state index contributed by atoms with van der Waals surface area (Å²) in [5.74, 6) is 0. The number of rotatable bonds is 3. The van der Waals surface area contributed by atoms with Gasteiger partial charge in [-0.2, -0.15) is 0 Å². The lowest BCUT2D eigenvalue weighted by Crippen LogP contribution is -2.23. The van der Waals surface area contributed by atoms with Crippen LogP contribution in [0.15, 0.2) is 12.4 Å². The maximum Gasteiger partial charge on any atom is 0.591 e. The highest BCUT2D eigenvalue weighted by atomic mass is 31.3. The minimum absolute atomic E-state index is 1.07. The molecule has 1 aliphatic rings. The van der Waals surface area contributed by atoms with Gasteiger partial charge >= 0.3 is 8.07 Å². The standard InChI is InChI=1S/C8H16N2.F3OP/c1-3-4-5-10-7-6-9(2)8-10;1-5(2,3)4/h6-7H,3-5,8H2,1-2H3;. The molecule has 0 aliphatic carbocycles. The lowest BCUT2D eigenvalue weighted by molar-refractivity contribution is 0.293. The first kappa shape index (κ1) is 14.4. The number of unbranched alkanes of at least 4 members (excludes halogenated alkanes) is 1. The average molecular weight is 244 g/mol. The molecule has 90 valence electrons. The normalized spacial score (nSPS) is 15.3. The molecule has 0 amide bonds. The van der Waals surface area contributed by atoms with Crippen LogP contribution in [0, 0.1) is 0 Å². The van der Waals surface area contributed by atoms with Gasteiger partial charge in [-0.1, -0.05) is 13.3 Å². The molecule has 1 aliphatic heterocycles. The SMILES string of the molecule is CCCCN1C=CN(C)C1.O=P(F)(F)F. The van der Waals surface area contributed by atoms with E-state index in [1.165, 1.54) is 19.4 Å². The molecule has 0 saturated heterocycles. The maximum absolute atomic E-state index is 9.91. The van der Waals surface area contributed by atoms with Crippen molar-refractivity contribution in [2.24, 2.45) is 0 Å². The molecule has 1 heterocycles. The van der Waals surface area contributed by atoms with E-state index >= 15 is 0 Å². The van der Waals surface area contributed by atoms with Crippen molar-refractivity contribution in [3.63, 3.8) is 0 Å². The fourth-order valence-corrected chi connectivity index (χ4v) is 1.10. The minimum Gasteiger partial charge on any atom is -0.362 e. The Labute approximate surface area is 88.3 Å². The van der Waals surface area contributed by atoms with Crippen LogP contribution in [0.3, 0.4) is 0 Å². The van der Waals surface area contributed by atoms with Crippen LogP contribution in [0.4, 0.5) is 12.6 Å². The highest BCUT2D eigenvalue weighted by Crippen LogP contribution is 2.50. The molecule has 0 radical (unpaired) electrons. The smallest absolute Gasteiger partial charge is 0.362 e. The summed E-state index contributed by atoms with van der Waals surface area (Å²) in [6.45, 7) is 4.50. The zero-order valence-electron chi connectivity index (χ0n) is 8.87. The lowest BCUT2D eigenvalue weighted by atomic mass is 10.3. The Kier molecular flexibility index (Phi) is 6.48. The van der Waals surface area contributed by atoms with E-state index in [4.69, 9.17) is 4.57 Å². The van der Waals surface area contributed by atoms with Crippen molar-refractivity contribution in [3.05, 3.63) is 12.4 Å². The fraction of sp³-hybridized carbons (Fsp3) is 0.750. The summed E-state index contributed by atoms with van der Waals surface area (Å²) in [6.07, 6.45) is 6.87. The zero-order valence-corrected chi connectivity index (χ0v) is 9.76. The van der Waals surface area contributed by atoms with Gasteiger partial charge in [-0.25, -0.2) is 4.57 Å². The van der Waals surface area contributed by atoms with Crippen molar-refractivity contribution in [1.29, 1.82) is 0 Å². The molecule has 0 aromatic rings. The van der Waals surface area contributed by atoms with E-state index in [1.807, 2.05) is 0 Å². The van der Waals surface area contributed by atoms with E-state index in [-0.39, 0.29) is 0 Å². The average Bonchev–Trinajstić information content (AvgIpc) is 2.45. The molecule has 0 aromatic heterocycles. The van der Waals surface area contributed by atoms with E-state index in [2.05, 4.69) is 36.2 Å². The molecular weight excluding hydrogens is 228 g/mol. The quantitative estimate of drug-likeness (QED) is 0.710. The van der Waals surface area contributed by atoms with Gasteiger partial charge in [-0.15, -0.1) is 12.6 Å². The van der Waals surface area contributed by atoms with E-state index < -0.39 is 8.07 Å². The maximum atomic E-state index is 9.91. The van der Waals surface area contributed by atoms with Crippen LogP contribution in [0.5, 0.6) is 0 Å². The van der Waals surface area contributed by atoms with Gasteiger partial charge in [0.2, 0.25) is 0 Å². The molecule has 0 bridgehead atoms. The molecule has 0 spiro atoms. The van der Waals surface area contributed by atoms with Crippen LogP contribution in [0.25, 0.3) is 0 Å². The molecule has 0 unspecified atom stereocenters. The van der Waals surface area contributed by atoms with Crippen molar-refractivity contribution < 1.29 is 17.2 Å². The summed E-state index contributed by atoms with van der Waals surface area (Å²) in [4.78, 5) is 4.53. The highest BCUT2D eigenvalue weighted by Gasteiger charge is 2.13. The van der Waals surface area contributed by atoms with E-state index in [9.17, 15) is 12.6 Å². The first-order valence-electron chi connectivity index (χ1n) is 4.64. The van der Waals surface area contributed by atoms with Gasteiger partial charge in [0.1, 0.15) is 0 Å². The molecule has 0 saturated carbocycles. The number of halogens is 3. The largest absolute Gasteiger partial charge is 0.591 e. The van der Waals surface area contributed by atoms with Gasteiger partial charge in [0.15, 0.2) is 0 Å². The summed E-state index contributed by atoms with van der Waals surface area (Å²) >= 11 is 0.